The molecule has 0 bridgehead atoms. The first-order chi connectivity index (χ1) is 15.2. The quantitative estimate of drug-likeness (QED) is 0.281. The molecule has 0 radical (unpaired) electrons. The molecule has 2 aromatic heterocycles. The smallest absolute Gasteiger partial charge is 0.365 e. The number of aliphatic imine (C=N–C) groups is 2. The van der Waals surface area contributed by atoms with Crippen molar-refractivity contribution in [1.82, 2.24) is 14.8 Å². The highest BCUT2D eigenvalue weighted by Crippen LogP contribution is 2.25. The summed E-state index contributed by atoms with van der Waals surface area (Å²) < 4.78 is 10.8. The summed E-state index contributed by atoms with van der Waals surface area (Å²) in [5.74, 6) is 0.829. The van der Waals surface area contributed by atoms with Gasteiger partial charge >= 0.3 is 5.97 Å². The number of ether oxygens (including phenoxy) is 1. The van der Waals surface area contributed by atoms with Crippen molar-refractivity contribution in [3.8, 4) is 0 Å². The lowest BCUT2D eigenvalue weighted by Crippen LogP contribution is -2.49. The number of hydrogen-bond donors (Lipinski definition) is 1. The zero-order chi connectivity index (χ0) is 21.2. The van der Waals surface area contributed by atoms with Crippen LogP contribution in [-0.2, 0) is 9.53 Å². The van der Waals surface area contributed by atoms with E-state index in [0.717, 1.165) is 16.5 Å². The topological polar surface area (TPSA) is 110 Å². The third kappa shape index (κ3) is 4.28. The number of pyridine rings is 1. The molecule has 10 heteroatoms. The number of benzene rings is 1. The van der Waals surface area contributed by atoms with Gasteiger partial charge in [0.05, 0.1) is 6.26 Å². The highest BCUT2D eigenvalue weighted by atomic mass is 35.5. The van der Waals surface area contributed by atoms with Crippen molar-refractivity contribution >= 4 is 47.0 Å². The highest BCUT2D eigenvalue weighted by molar-refractivity contribution is 6.15. The molecule has 0 spiro atoms. The first kappa shape index (κ1) is 21.4. The number of rotatable bonds is 3. The molecule has 0 saturated carbocycles. The van der Waals surface area contributed by atoms with Crippen LogP contribution in [0.25, 0.3) is 11.0 Å². The van der Waals surface area contributed by atoms with Crippen molar-refractivity contribution < 1.29 is 13.9 Å². The Kier molecular flexibility index (Phi) is 6.09. The Labute approximate surface area is 190 Å². The summed E-state index contributed by atoms with van der Waals surface area (Å²) in [7, 11) is 0. The van der Waals surface area contributed by atoms with Crippen molar-refractivity contribution in [2.24, 2.45) is 15.7 Å². The number of piperazine rings is 1. The van der Waals surface area contributed by atoms with E-state index in [1.165, 1.54) is 0 Å². The summed E-state index contributed by atoms with van der Waals surface area (Å²) in [5, 5.41) is 0.853. The van der Waals surface area contributed by atoms with Gasteiger partial charge in [0.2, 0.25) is 5.90 Å². The van der Waals surface area contributed by atoms with Crippen molar-refractivity contribution in [2.75, 3.05) is 26.2 Å². The van der Waals surface area contributed by atoms with E-state index in [1.807, 2.05) is 46.2 Å². The van der Waals surface area contributed by atoms with Crippen LogP contribution in [0.1, 0.15) is 5.56 Å². The van der Waals surface area contributed by atoms with Crippen LogP contribution < -0.4 is 5.73 Å². The second kappa shape index (κ2) is 9.11. The van der Waals surface area contributed by atoms with Crippen LogP contribution >= 0.6 is 12.4 Å². The van der Waals surface area contributed by atoms with Crippen LogP contribution in [0, 0.1) is 0 Å². The number of halogens is 1. The standard InChI is InChI=1S/C22H20N6O3.ClH/c23-22(26-19-6-1-2-8-24-19)28-11-9-27(10-12-28)14-17-21(29)31-20(25-17)16-4-3-5-18-15(16)7-13-30-18;/h1-8,13-14H,9-12H2,(H2,23,24,26);1H. The van der Waals surface area contributed by atoms with E-state index < -0.39 is 5.97 Å². The van der Waals surface area contributed by atoms with E-state index in [-0.39, 0.29) is 24.0 Å². The van der Waals surface area contributed by atoms with Gasteiger partial charge in [-0.3, -0.25) is 0 Å². The van der Waals surface area contributed by atoms with Gasteiger partial charge in [0, 0.05) is 49.5 Å². The maximum Gasteiger partial charge on any atom is 0.365 e. The zero-order valence-electron chi connectivity index (χ0n) is 17.0. The molecule has 0 unspecified atom stereocenters. The number of nitrogens with two attached hydrogens (primary N) is 1. The van der Waals surface area contributed by atoms with E-state index in [4.69, 9.17) is 14.9 Å². The van der Waals surface area contributed by atoms with E-state index in [0.29, 0.717) is 38.0 Å². The Bertz CT molecular complexity index is 1210. The Hall–Kier alpha value is -3.85. The number of esters is 1. The molecule has 1 fully saturated rings. The van der Waals surface area contributed by atoms with Gasteiger partial charge in [-0.05, 0) is 30.3 Å². The van der Waals surface area contributed by atoms with E-state index in [2.05, 4.69) is 15.0 Å². The fraction of sp³-hybridized carbons (Fsp3) is 0.182. The predicted octanol–water partition coefficient (Wildman–Crippen LogP) is 2.66. The summed E-state index contributed by atoms with van der Waals surface area (Å²) in [6.07, 6.45) is 5.03. The first-order valence-corrected chi connectivity index (χ1v) is 9.91. The normalized spacial score (nSPS) is 18.0. The van der Waals surface area contributed by atoms with Crippen LogP contribution in [-0.4, -0.2) is 58.8 Å². The lowest BCUT2D eigenvalue weighted by Gasteiger charge is -2.34. The molecule has 2 N–H and O–H groups in total. The van der Waals surface area contributed by atoms with Gasteiger partial charge < -0.3 is 24.7 Å². The van der Waals surface area contributed by atoms with Gasteiger partial charge in [-0.15, -0.1) is 12.4 Å². The Morgan fingerprint density at radius 1 is 1.09 bits per heavy atom. The van der Waals surface area contributed by atoms with Crippen molar-refractivity contribution in [3.63, 3.8) is 0 Å². The SMILES string of the molecule is Cl.NC(=Nc1ccccn1)N1CCN(C=C2N=C(c3cccc4occc34)OC2=O)CC1. The Balaban J connectivity index is 0.00000245. The molecule has 164 valence electrons. The molecule has 9 nitrogen and oxygen atoms in total. The van der Waals surface area contributed by atoms with Crippen LogP contribution in [0.5, 0.6) is 0 Å². The Morgan fingerprint density at radius 3 is 2.72 bits per heavy atom. The van der Waals surface area contributed by atoms with E-state index >= 15 is 0 Å². The molecule has 2 aliphatic heterocycles. The summed E-state index contributed by atoms with van der Waals surface area (Å²) in [4.78, 5) is 29.3. The number of aromatic nitrogens is 1. The summed E-state index contributed by atoms with van der Waals surface area (Å²) >= 11 is 0. The van der Waals surface area contributed by atoms with Gasteiger partial charge in [-0.1, -0.05) is 12.1 Å². The van der Waals surface area contributed by atoms with Crippen LogP contribution in [0.2, 0.25) is 0 Å². The lowest BCUT2D eigenvalue weighted by atomic mass is 10.1. The highest BCUT2D eigenvalue weighted by Gasteiger charge is 2.27. The van der Waals surface area contributed by atoms with E-state index in [9.17, 15) is 4.79 Å². The van der Waals surface area contributed by atoms with Crippen molar-refractivity contribution in [3.05, 3.63) is 72.4 Å². The molecule has 3 aromatic rings. The fourth-order valence-electron chi connectivity index (χ4n) is 3.56. The van der Waals surface area contributed by atoms with Gasteiger partial charge in [0.15, 0.2) is 17.5 Å². The molecule has 1 aromatic carbocycles. The van der Waals surface area contributed by atoms with Crippen LogP contribution in [0.3, 0.4) is 0 Å². The maximum absolute atomic E-state index is 12.4. The summed E-state index contributed by atoms with van der Waals surface area (Å²) in [6.45, 7) is 2.70. The zero-order valence-corrected chi connectivity index (χ0v) is 17.9. The van der Waals surface area contributed by atoms with Crippen LogP contribution in [0.4, 0.5) is 5.82 Å². The Morgan fingerprint density at radius 2 is 1.94 bits per heavy atom. The maximum atomic E-state index is 12.4. The van der Waals surface area contributed by atoms with E-state index in [1.54, 1.807) is 24.7 Å². The van der Waals surface area contributed by atoms with Gasteiger partial charge in [-0.2, -0.15) is 4.99 Å². The number of carbonyl (C=O) groups excluding carboxylic acids is 1. The molecule has 0 amide bonds. The second-order valence-electron chi connectivity index (χ2n) is 7.14. The molecule has 1 saturated heterocycles. The predicted molar refractivity (Wildman–Crippen MR) is 123 cm³/mol. The minimum Gasteiger partial charge on any atom is -0.464 e. The number of hydrogen-bond acceptors (Lipinski definition) is 7. The lowest BCUT2D eigenvalue weighted by molar-refractivity contribution is -0.130. The van der Waals surface area contributed by atoms with Crippen molar-refractivity contribution in [2.45, 2.75) is 0 Å². The molecule has 32 heavy (non-hydrogen) atoms. The number of fused-ring (bicyclic) bond motifs is 1. The number of carbonyl (C=O) groups is 1. The summed E-state index contributed by atoms with van der Waals surface area (Å²) in [5.41, 5.74) is 7.85. The van der Waals surface area contributed by atoms with Gasteiger partial charge in [0.1, 0.15) is 5.58 Å². The molecule has 0 aliphatic carbocycles. The third-order valence-electron chi connectivity index (χ3n) is 5.17. The monoisotopic (exact) mass is 452 g/mol. The van der Waals surface area contributed by atoms with Gasteiger partial charge in [-0.25, -0.2) is 14.8 Å². The summed E-state index contributed by atoms with van der Waals surface area (Å²) in [6, 6.07) is 12.9. The molecule has 2 aliphatic rings. The second-order valence-corrected chi connectivity index (χ2v) is 7.14. The first-order valence-electron chi connectivity index (χ1n) is 9.91. The minimum atomic E-state index is -0.464. The van der Waals surface area contributed by atoms with Gasteiger partial charge in [0.25, 0.3) is 0 Å². The molecule has 4 heterocycles. The number of furan rings is 1. The average molecular weight is 453 g/mol. The minimum absolute atomic E-state index is 0. The fourth-order valence-corrected chi connectivity index (χ4v) is 3.56. The third-order valence-corrected chi connectivity index (χ3v) is 5.17. The molecular weight excluding hydrogens is 432 g/mol. The number of cyclic esters (lactones) is 1. The molecule has 0 atom stereocenters. The van der Waals surface area contributed by atoms with Crippen molar-refractivity contribution in [1.29, 1.82) is 0 Å². The largest absolute Gasteiger partial charge is 0.464 e. The molecule has 5 rings (SSSR count). The average Bonchev–Trinajstić information content (AvgIpc) is 3.41. The number of guanidine groups is 1. The van der Waals surface area contributed by atoms with Crippen LogP contribution in [0.15, 0.2) is 81.2 Å². The molecular formula is C22H21ClN6O3. The number of nitrogens with zero attached hydrogens (tertiary/aromatic N) is 5.